The summed E-state index contributed by atoms with van der Waals surface area (Å²) in [6, 6.07) is 6.57. The number of nitrogens with one attached hydrogen (secondary N) is 1. The molecule has 0 bridgehead atoms. The molecular formula is C12H16N2O3S. The molecule has 1 aliphatic heterocycles. The molecular weight excluding hydrogens is 252 g/mol. The van der Waals surface area contributed by atoms with Gasteiger partial charge in [-0.1, -0.05) is 0 Å². The first-order chi connectivity index (χ1) is 8.45. The van der Waals surface area contributed by atoms with E-state index in [4.69, 9.17) is 10.5 Å². The number of hydrogen-bond donors (Lipinski definition) is 2. The molecule has 18 heavy (non-hydrogen) atoms. The van der Waals surface area contributed by atoms with Crippen molar-refractivity contribution in [3.8, 4) is 5.75 Å². The van der Waals surface area contributed by atoms with Gasteiger partial charge < -0.3 is 15.8 Å². The Bertz CT molecular complexity index is 549. The minimum atomic E-state index is -3.15. The molecule has 1 aliphatic rings. The highest BCUT2D eigenvalue weighted by atomic mass is 32.2. The quantitative estimate of drug-likeness (QED) is 0.837. The molecule has 0 spiro atoms. The minimum absolute atomic E-state index is 0.180. The van der Waals surface area contributed by atoms with Crippen molar-refractivity contribution in [1.29, 1.82) is 0 Å². The van der Waals surface area contributed by atoms with E-state index < -0.39 is 9.84 Å². The van der Waals surface area contributed by atoms with Crippen molar-refractivity contribution in [2.45, 2.75) is 17.4 Å². The maximum atomic E-state index is 11.3. The predicted octanol–water partition coefficient (Wildman–Crippen LogP) is 0.631. The summed E-state index contributed by atoms with van der Waals surface area (Å²) >= 11 is 0. The van der Waals surface area contributed by atoms with E-state index in [2.05, 4.69) is 5.32 Å². The van der Waals surface area contributed by atoms with Gasteiger partial charge in [-0.2, -0.15) is 0 Å². The normalized spacial score (nSPS) is 19.2. The SMILES string of the molecule is CS(=O)(=O)c1ccc(OCC2CC=C(N)N2)cc1. The Hall–Kier alpha value is -1.69. The summed E-state index contributed by atoms with van der Waals surface area (Å²) < 4.78 is 28.1. The van der Waals surface area contributed by atoms with E-state index in [-0.39, 0.29) is 6.04 Å². The van der Waals surface area contributed by atoms with E-state index in [1.807, 2.05) is 6.08 Å². The van der Waals surface area contributed by atoms with Gasteiger partial charge in [0.15, 0.2) is 9.84 Å². The number of ether oxygens (including phenoxy) is 1. The molecule has 0 amide bonds. The molecule has 5 nitrogen and oxygen atoms in total. The topological polar surface area (TPSA) is 81.4 Å². The van der Waals surface area contributed by atoms with Gasteiger partial charge in [-0.3, -0.25) is 0 Å². The number of rotatable bonds is 4. The smallest absolute Gasteiger partial charge is 0.175 e. The Balaban J connectivity index is 1.91. The van der Waals surface area contributed by atoms with Gasteiger partial charge in [0.2, 0.25) is 0 Å². The van der Waals surface area contributed by atoms with Crippen molar-refractivity contribution in [2.75, 3.05) is 12.9 Å². The average Bonchev–Trinajstić information content (AvgIpc) is 2.72. The van der Waals surface area contributed by atoms with Gasteiger partial charge in [0, 0.05) is 6.26 Å². The second kappa shape index (κ2) is 4.89. The van der Waals surface area contributed by atoms with Crippen LogP contribution in [0.25, 0.3) is 0 Å². The zero-order chi connectivity index (χ0) is 13.2. The highest BCUT2D eigenvalue weighted by Gasteiger charge is 2.14. The number of sulfone groups is 1. The van der Waals surface area contributed by atoms with Gasteiger partial charge in [-0.15, -0.1) is 0 Å². The van der Waals surface area contributed by atoms with Crippen LogP contribution in [-0.4, -0.2) is 27.3 Å². The number of benzene rings is 1. The Morgan fingerprint density at radius 3 is 2.56 bits per heavy atom. The molecule has 98 valence electrons. The largest absolute Gasteiger partial charge is 0.491 e. The van der Waals surface area contributed by atoms with Crippen molar-refractivity contribution in [1.82, 2.24) is 5.32 Å². The van der Waals surface area contributed by atoms with Crippen LogP contribution in [0.2, 0.25) is 0 Å². The first-order valence-electron chi connectivity index (χ1n) is 5.60. The first-order valence-corrected chi connectivity index (χ1v) is 7.49. The fourth-order valence-corrected chi connectivity index (χ4v) is 2.34. The summed E-state index contributed by atoms with van der Waals surface area (Å²) in [6.07, 6.45) is 3.94. The molecule has 1 aromatic rings. The molecule has 0 saturated heterocycles. The predicted molar refractivity (Wildman–Crippen MR) is 68.9 cm³/mol. The number of nitrogens with two attached hydrogens (primary N) is 1. The summed E-state index contributed by atoms with van der Waals surface area (Å²) in [4.78, 5) is 0.291. The molecule has 3 N–H and O–H groups in total. The van der Waals surface area contributed by atoms with Crippen LogP contribution in [0.4, 0.5) is 0 Å². The Morgan fingerprint density at radius 2 is 2.06 bits per heavy atom. The third-order valence-corrected chi connectivity index (χ3v) is 3.82. The van der Waals surface area contributed by atoms with Gasteiger partial charge in [0.25, 0.3) is 0 Å². The molecule has 1 aromatic carbocycles. The minimum Gasteiger partial charge on any atom is -0.491 e. The fourth-order valence-electron chi connectivity index (χ4n) is 1.71. The van der Waals surface area contributed by atoms with Crippen LogP contribution >= 0.6 is 0 Å². The Kier molecular flexibility index (Phi) is 3.47. The third kappa shape index (κ3) is 3.16. The fraction of sp³-hybridized carbons (Fsp3) is 0.333. The molecule has 0 radical (unpaired) electrons. The van der Waals surface area contributed by atoms with Gasteiger partial charge in [-0.05, 0) is 36.8 Å². The zero-order valence-electron chi connectivity index (χ0n) is 10.1. The molecule has 1 unspecified atom stereocenters. The second-order valence-electron chi connectivity index (χ2n) is 4.29. The van der Waals surface area contributed by atoms with Crippen LogP contribution in [0.1, 0.15) is 6.42 Å². The molecule has 6 heteroatoms. The lowest BCUT2D eigenvalue weighted by Crippen LogP contribution is -2.31. The molecule has 2 rings (SSSR count). The standard InChI is InChI=1S/C12H16N2O3S/c1-18(15,16)11-5-3-10(4-6-11)17-8-9-2-7-12(13)14-9/h3-7,9,14H,2,8,13H2,1H3. The van der Waals surface area contributed by atoms with Crippen LogP contribution in [-0.2, 0) is 9.84 Å². The highest BCUT2D eigenvalue weighted by molar-refractivity contribution is 7.90. The van der Waals surface area contributed by atoms with E-state index in [9.17, 15) is 8.42 Å². The maximum absolute atomic E-state index is 11.3. The second-order valence-corrected chi connectivity index (χ2v) is 6.31. The van der Waals surface area contributed by atoms with Crippen LogP contribution in [0, 0.1) is 0 Å². The summed E-state index contributed by atoms with van der Waals surface area (Å²) in [5.74, 6) is 1.32. The Labute approximate surface area is 107 Å². The van der Waals surface area contributed by atoms with Crippen molar-refractivity contribution in [3.63, 3.8) is 0 Å². The van der Waals surface area contributed by atoms with Crippen LogP contribution in [0.5, 0.6) is 5.75 Å². The van der Waals surface area contributed by atoms with Gasteiger partial charge in [0.1, 0.15) is 12.4 Å². The first kappa shape index (κ1) is 12.8. The summed E-state index contributed by atoms with van der Waals surface area (Å²) in [5, 5.41) is 3.08. The van der Waals surface area contributed by atoms with E-state index >= 15 is 0 Å². The average molecular weight is 268 g/mol. The van der Waals surface area contributed by atoms with Crippen LogP contribution < -0.4 is 15.8 Å². The molecule has 0 aliphatic carbocycles. The lowest BCUT2D eigenvalue weighted by Gasteiger charge is -2.13. The summed E-state index contributed by atoms with van der Waals surface area (Å²) in [7, 11) is -3.15. The molecule has 0 aromatic heterocycles. The van der Waals surface area contributed by atoms with Gasteiger partial charge >= 0.3 is 0 Å². The highest BCUT2D eigenvalue weighted by Crippen LogP contribution is 2.16. The Morgan fingerprint density at radius 1 is 1.39 bits per heavy atom. The van der Waals surface area contributed by atoms with Crippen molar-refractivity contribution in [3.05, 3.63) is 36.2 Å². The van der Waals surface area contributed by atoms with E-state index in [1.54, 1.807) is 24.3 Å². The van der Waals surface area contributed by atoms with Crippen molar-refractivity contribution < 1.29 is 13.2 Å². The van der Waals surface area contributed by atoms with Crippen molar-refractivity contribution >= 4 is 9.84 Å². The van der Waals surface area contributed by atoms with E-state index in [1.165, 1.54) is 6.26 Å². The summed E-state index contributed by atoms with van der Waals surface area (Å²) in [6.45, 7) is 0.495. The third-order valence-electron chi connectivity index (χ3n) is 2.70. The number of hydrogen-bond acceptors (Lipinski definition) is 5. The van der Waals surface area contributed by atoms with Gasteiger partial charge in [-0.25, -0.2) is 8.42 Å². The molecule has 0 fully saturated rings. The van der Waals surface area contributed by atoms with Gasteiger partial charge in [0.05, 0.1) is 16.8 Å². The van der Waals surface area contributed by atoms with Crippen LogP contribution in [0.3, 0.4) is 0 Å². The monoisotopic (exact) mass is 268 g/mol. The van der Waals surface area contributed by atoms with E-state index in [0.717, 1.165) is 6.42 Å². The summed E-state index contributed by atoms with van der Waals surface area (Å²) in [5.41, 5.74) is 5.59. The lowest BCUT2D eigenvalue weighted by molar-refractivity contribution is 0.278. The van der Waals surface area contributed by atoms with Crippen molar-refractivity contribution in [2.24, 2.45) is 5.73 Å². The van der Waals surface area contributed by atoms with Crippen LogP contribution in [0.15, 0.2) is 41.1 Å². The zero-order valence-corrected chi connectivity index (χ0v) is 10.9. The van der Waals surface area contributed by atoms with E-state index in [0.29, 0.717) is 23.1 Å². The molecule has 1 atom stereocenters. The maximum Gasteiger partial charge on any atom is 0.175 e. The molecule has 1 heterocycles. The lowest BCUT2D eigenvalue weighted by atomic mass is 10.2. The molecule has 0 saturated carbocycles.